The van der Waals surface area contributed by atoms with Crippen molar-refractivity contribution >= 4 is 64.5 Å². The van der Waals surface area contributed by atoms with E-state index in [0.717, 1.165) is 0 Å². The maximum Gasteiger partial charge on any atom is 0.490 e. The number of imidazole rings is 1. The van der Waals surface area contributed by atoms with E-state index in [2.05, 4.69) is 34.0 Å². The number of fused-ring (bicyclic) bond motifs is 2. The van der Waals surface area contributed by atoms with Crippen LogP contribution in [0.3, 0.4) is 0 Å². The highest BCUT2D eigenvalue weighted by Crippen LogP contribution is 2.66. The second-order valence-electron chi connectivity index (χ2n) is 8.63. The lowest BCUT2D eigenvalue weighted by atomic mass is 10.1. The highest BCUT2D eigenvalue weighted by Gasteiger charge is 2.56. The molecule has 3 aromatic heterocycles. The van der Waals surface area contributed by atoms with E-state index >= 15 is 0 Å². The SMILES string of the molecule is Cn1ccc(NC(=O)C2OC3C(COP(=O)(O)OP(=O)(O)OP(=O)(O)O)OC(n4cnc5c(=S)nc(N)[nH]c54)C3O2)n1. The topological polar surface area (TPSA) is 307 Å². The van der Waals surface area contributed by atoms with Crippen molar-refractivity contribution < 1.29 is 65.4 Å². The van der Waals surface area contributed by atoms with Crippen LogP contribution in [0, 0.1) is 4.64 Å². The number of amides is 1. The van der Waals surface area contributed by atoms with E-state index in [0.29, 0.717) is 0 Å². The number of rotatable bonds is 10. The average Bonchev–Trinajstić information content (AvgIpc) is 3.59. The first-order chi connectivity index (χ1) is 19.5. The van der Waals surface area contributed by atoms with E-state index < -0.39 is 66.8 Å². The summed E-state index contributed by atoms with van der Waals surface area (Å²) in [7, 11) is -15.2. The molecule has 0 aromatic carbocycles. The number of carbonyl (C=O) groups is 1. The van der Waals surface area contributed by atoms with E-state index in [1.54, 1.807) is 13.2 Å². The van der Waals surface area contributed by atoms with Crippen LogP contribution >= 0.6 is 35.7 Å². The van der Waals surface area contributed by atoms with Gasteiger partial charge >= 0.3 is 23.5 Å². The number of aromatic nitrogens is 6. The number of nitrogens with two attached hydrogens (primary N) is 1. The molecule has 5 heterocycles. The summed E-state index contributed by atoms with van der Waals surface area (Å²) in [5.41, 5.74) is 6.26. The molecule has 0 aliphatic carbocycles. The molecule has 0 bridgehead atoms. The van der Waals surface area contributed by atoms with Gasteiger partial charge in [0, 0.05) is 19.3 Å². The van der Waals surface area contributed by atoms with Crippen molar-refractivity contribution in [2.24, 2.45) is 7.05 Å². The monoisotopic (exact) mass is 674 g/mol. The van der Waals surface area contributed by atoms with Crippen LogP contribution in [0.5, 0.6) is 0 Å². The number of ether oxygens (including phenoxy) is 3. The van der Waals surface area contributed by atoms with Gasteiger partial charge < -0.3 is 49.8 Å². The normalized spacial score (nSPS) is 27.0. The summed E-state index contributed by atoms with van der Waals surface area (Å²) < 4.78 is 67.4. The van der Waals surface area contributed by atoms with Gasteiger partial charge in [0.2, 0.25) is 6.29 Å². The Morgan fingerprint density at radius 1 is 1.17 bits per heavy atom. The van der Waals surface area contributed by atoms with Crippen LogP contribution in [0.15, 0.2) is 18.6 Å². The number of hydrogen-bond acceptors (Lipinski definition) is 15. The minimum atomic E-state index is -5.76. The van der Waals surface area contributed by atoms with Gasteiger partial charge in [0.1, 0.15) is 29.5 Å². The lowest BCUT2D eigenvalue weighted by Crippen LogP contribution is -2.34. The number of aryl methyl sites for hydroxylation is 1. The third-order valence-electron chi connectivity index (χ3n) is 5.58. The Balaban J connectivity index is 1.38. The number of carbonyl (C=O) groups excluding carboxylic acids is 1. The smallest absolute Gasteiger partial charge is 0.369 e. The number of nitrogen functional groups attached to an aromatic ring is 1. The van der Waals surface area contributed by atoms with Crippen molar-refractivity contribution in [3.8, 4) is 0 Å². The number of phosphoric acid groups is 3. The van der Waals surface area contributed by atoms with Crippen LogP contribution in [-0.4, -0.2) is 86.0 Å². The Kier molecular flexibility index (Phi) is 8.28. The van der Waals surface area contributed by atoms with Gasteiger partial charge in [-0.3, -0.25) is 18.6 Å². The number of nitrogens with one attached hydrogen (secondary N) is 2. The van der Waals surface area contributed by atoms with Crippen molar-refractivity contribution in [2.45, 2.75) is 30.8 Å². The largest absolute Gasteiger partial charge is 0.490 e. The van der Waals surface area contributed by atoms with E-state index in [4.69, 9.17) is 46.5 Å². The maximum absolute atomic E-state index is 12.9. The molecular formula is C16H21N8O14P3S. The molecule has 5 rings (SSSR count). The summed E-state index contributed by atoms with van der Waals surface area (Å²) in [5.74, 6) is -0.610. The molecule has 2 saturated heterocycles. The van der Waals surface area contributed by atoms with Gasteiger partial charge in [-0.25, -0.2) is 23.7 Å². The first-order valence-electron chi connectivity index (χ1n) is 11.3. The lowest BCUT2D eigenvalue weighted by molar-refractivity contribution is -0.166. The summed E-state index contributed by atoms with van der Waals surface area (Å²) in [6.45, 7) is -0.883. The lowest BCUT2D eigenvalue weighted by Gasteiger charge is -2.22. The fraction of sp³-hybridized carbons (Fsp3) is 0.438. The van der Waals surface area contributed by atoms with Gasteiger partial charge in [-0.1, -0.05) is 12.2 Å². The Bertz CT molecular complexity index is 1720. The van der Waals surface area contributed by atoms with Crippen LogP contribution in [0.25, 0.3) is 11.2 Å². The highest BCUT2D eigenvalue weighted by molar-refractivity contribution is 7.71. The number of phosphoric ester groups is 1. The third kappa shape index (κ3) is 6.85. The van der Waals surface area contributed by atoms with Gasteiger partial charge in [-0.2, -0.15) is 13.7 Å². The van der Waals surface area contributed by atoms with Crippen LogP contribution in [0.2, 0.25) is 0 Å². The molecular weight excluding hydrogens is 653 g/mol. The van der Waals surface area contributed by atoms with Crippen molar-refractivity contribution in [2.75, 3.05) is 17.7 Å². The van der Waals surface area contributed by atoms with Crippen molar-refractivity contribution in [3.63, 3.8) is 0 Å². The Hall–Kier alpha value is -2.46. The van der Waals surface area contributed by atoms with E-state index in [9.17, 15) is 28.3 Å². The minimum Gasteiger partial charge on any atom is -0.369 e. The standard InChI is InChI=1S/C16H21N8O14P3S/c1-23-3-2-7(22-23)19-12(25)15-35-9-6(4-33-40(29,30)38-41(31,32)37-39(26,27)28)34-14(10(9)36-15)24-5-18-8-11(24)20-16(17)21-13(8)42/h2-3,5-6,9-10,14-15H,4H2,1H3,(H,29,30)(H,31,32)(H,19,22,25)(H2,26,27,28)(H3,17,20,21,42). The quantitative estimate of drug-likeness (QED) is 0.108. The Morgan fingerprint density at radius 3 is 2.55 bits per heavy atom. The molecule has 0 saturated carbocycles. The molecule has 2 aliphatic rings. The second kappa shape index (κ2) is 11.2. The highest BCUT2D eigenvalue weighted by atomic mass is 32.1. The summed E-state index contributed by atoms with van der Waals surface area (Å²) in [5, 5.41) is 6.54. The molecule has 8 N–H and O–H groups in total. The zero-order valence-corrected chi connectivity index (χ0v) is 24.3. The predicted molar refractivity (Wildman–Crippen MR) is 136 cm³/mol. The zero-order valence-electron chi connectivity index (χ0n) is 20.8. The van der Waals surface area contributed by atoms with Gasteiger partial charge in [0.15, 0.2) is 22.6 Å². The van der Waals surface area contributed by atoms with Crippen LogP contribution < -0.4 is 11.1 Å². The van der Waals surface area contributed by atoms with E-state index in [1.165, 1.54) is 21.6 Å². The number of anilines is 2. The van der Waals surface area contributed by atoms with Crippen LogP contribution in [0.1, 0.15) is 6.23 Å². The molecule has 26 heteroatoms. The number of nitrogens with zero attached hydrogens (tertiary/aromatic N) is 5. The number of H-pyrrole nitrogens is 1. The van der Waals surface area contributed by atoms with Crippen molar-refractivity contribution in [3.05, 3.63) is 23.2 Å². The van der Waals surface area contributed by atoms with Gasteiger partial charge in [0.25, 0.3) is 5.91 Å². The zero-order chi connectivity index (χ0) is 30.6. The number of aromatic amines is 1. The van der Waals surface area contributed by atoms with Crippen LogP contribution in [0.4, 0.5) is 11.8 Å². The Morgan fingerprint density at radius 2 is 1.88 bits per heavy atom. The molecule has 1 amide bonds. The van der Waals surface area contributed by atoms with Crippen molar-refractivity contribution in [1.82, 2.24) is 29.3 Å². The summed E-state index contributed by atoms with van der Waals surface area (Å²) in [6.07, 6.45) is -3.35. The van der Waals surface area contributed by atoms with Gasteiger partial charge in [-0.05, 0) is 0 Å². The van der Waals surface area contributed by atoms with Crippen LogP contribution in [-0.2, 0) is 52.9 Å². The molecule has 2 aliphatic heterocycles. The Labute approximate surface area is 238 Å². The van der Waals surface area contributed by atoms with E-state index in [-0.39, 0.29) is 27.6 Å². The fourth-order valence-corrected chi connectivity index (χ4v) is 7.38. The molecule has 7 atom stereocenters. The summed E-state index contributed by atoms with van der Waals surface area (Å²) in [6, 6.07) is 1.52. The van der Waals surface area contributed by atoms with E-state index in [1.807, 2.05) is 0 Å². The molecule has 0 spiro atoms. The minimum absolute atomic E-state index is 0.0517. The molecule has 3 aromatic rings. The molecule has 22 nitrogen and oxygen atoms in total. The molecule has 42 heavy (non-hydrogen) atoms. The molecule has 2 fully saturated rings. The van der Waals surface area contributed by atoms with Crippen molar-refractivity contribution in [1.29, 1.82) is 0 Å². The average molecular weight is 674 g/mol. The van der Waals surface area contributed by atoms with Gasteiger partial charge in [-0.15, -0.1) is 0 Å². The molecule has 230 valence electrons. The van der Waals surface area contributed by atoms with Gasteiger partial charge in [0.05, 0.1) is 12.9 Å². The fourth-order valence-electron chi connectivity index (χ4n) is 4.10. The first-order valence-corrected chi connectivity index (χ1v) is 16.2. The molecule has 7 unspecified atom stereocenters. The first kappa shape index (κ1) is 31.0. The number of hydrogen-bond donors (Lipinski definition) is 7. The third-order valence-corrected chi connectivity index (χ3v) is 9.67. The second-order valence-corrected chi connectivity index (χ2v) is 13.4. The predicted octanol–water partition coefficient (Wildman–Crippen LogP) is -0.206. The maximum atomic E-state index is 12.9. The summed E-state index contributed by atoms with van der Waals surface area (Å²) >= 11 is 5.18. The summed E-state index contributed by atoms with van der Waals surface area (Å²) in [4.78, 5) is 60.4. The molecule has 0 radical (unpaired) electrons.